The van der Waals surface area contributed by atoms with E-state index in [9.17, 15) is 13.2 Å². The minimum atomic E-state index is -3.30. The molecule has 6 heteroatoms. The van der Waals surface area contributed by atoms with Crippen LogP contribution in [0.1, 0.15) is 19.8 Å². The lowest BCUT2D eigenvalue weighted by molar-refractivity contribution is -0.131. The highest BCUT2D eigenvalue weighted by Gasteiger charge is 2.24. The number of carbonyl (C=O) groups excluding carboxylic acids is 1. The fraction of sp³-hybridized carbons (Fsp3) is 0.875. The van der Waals surface area contributed by atoms with Crippen molar-refractivity contribution in [2.24, 2.45) is 0 Å². The Bertz CT molecular complexity index is 307. The summed E-state index contributed by atoms with van der Waals surface area (Å²) in [5.74, 6) is -0.132. The lowest BCUT2D eigenvalue weighted by atomic mass is 10.3. The van der Waals surface area contributed by atoms with E-state index in [1.807, 2.05) is 0 Å². The number of nitrogens with zero attached hydrogens (tertiary/aromatic N) is 1. The minimum Gasteiger partial charge on any atom is -0.341 e. The van der Waals surface area contributed by atoms with Crippen LogP contribution >= 0.6 is 0 Å². The number of carbonyl (C=O) groups is 1. The monoisotopic (exact) mass is 220 g/mol. The van der Waals surface area contributed by atoms with E-state index in [1.165, 1.54) is 0 Å². The number of amides is 1. The fourth-order valence-electron chi connectivity index (χ4n) is 1.58. The molecule has 0 saturated carbocycles. The van der Waals surface area contributed by atoms with Crippen molar-refractivity contribution >= 4 is 15.9 Å². The van der Waals surface area contributed by atoms with Crippen molar-refractivity contribution in [3.05, 3.63) is 0 Å². The van der Waals surface area contributed by atoms with Crippen molar-refractivity contribution in [3.63, 3.8) is 0 Å². The predicted octanol–water partition coefficient (Wildman–Crippen LogP) is -0.453. The Morgan fingerprint density at radius 1 is 1.36 bits per heavy atom. The number of sulfonamides is 1. The molecule has 0 aromatic carbocycles. The van der Waals surface area contributed by atoms with Crippen molar-refractivity contribution in [1.29, 1.82) is 0 Å². The summed E-state index contributed by atoms with van der Waals surface area (Å²) in [6.45, 7) is 3.06. The maximum Gasteiger partial charge on any atom is 0.240 e. The van der Waals surface area contributed by atoms with Gasteiger partial charge in [-0.2, -0.15) is 0 Å². The van der Waals surface area contributed by atoms with Crippen molar-refractivity contribution in [3.8, 4) is 0 Å². The molecule has 1 atom stereocenters. The highest BCUT2D eigenvalue weighted by Crippen LogP contribution is 2.09. The van der Waals surface area contributed by atoms with E-state index >= 15 is 0 Å². The topological polar surface area (TPSA) is 66.5 Å². The fourth-order valence-corrected chi connectivity index (χ4v) is 2.33. The largest absolute Gasteiger partial charge is 0.341 e. The molecule has 0 aromatic heterocycles. The van der Waals surface area contributed by atoms with Gasteiger partial charge in [0.25, 0.3) is 0 Å². The van der Waals surface area contributed by atoms with Crippen molar-refractivity contribution in [2.45, 2.75) is 25.8 Å². The second kappa shape index (κ2) is 4.27. The van der Waals surface area contributed by atoms with Gasteiger partial charge in [0.15, 0.2) is 0 Å². The summed E-state index contributed by atoms with van der Waals surface area (Å²) in [6, 6.07) is -0.650. The average molecular weight is 220 g/mol. The van der Waals surface area contributed by atoms with E-state index in [-0.39, 0.29) is 5.91 Å². The Hall–Kier alpha value is -0.620. The van der Waals surface area contributed by atoms with Gasteiger partial charge < -0.3 is 4.90 Å². The van der Waals surface area contributed by atoms with Crippen LogP contribution < -0.4 is 4.72 Å². The summed E-state index contributed by atoms with van der Waals surface area (Å²) >= 11 is 0. The first-order valence-electron chi connectivity index (χ1n) is 4.66. The van der Waals surface area contributed by atoms with Gasteiger partial charge in [0.2, 0.25) is 15.9 Å². The van der Waals surface area contributed by atoms with E-state index in [0.717, 1.165) is 32.2 Å². The molecule has 1 aliphatic rings. The van der Waals surface area contributed by atoms with E-state index in [4.69, 9.17) is 0 Å². The third kappa shape index (κ3) is 3.26. The standard InChI is InChI=1S/C8H16N2O3S/c1-7(9-14(2,12)13)8(11)10-5-3-4-6-10/h7,9H,3-6H2,1-2H3. The molecule has 1 unspecified atom stereocenters. The summed E-state index contributed by atoms with van der Waals surface area (Å²) in [5.41, 5.74) is 0. The van der Waals surface area contributed by atoms with Gasteiger partial charge in [0, 0.05) is 13.1 Å². The van der Waals surface area contributed by atoms with E-state index in [2.05, 4.69) is 4.72 Å². The van der Waals surface area contributed by atoms with Crippen LogP contribution in [0.15, 0.2) is 0 Å². The molecule has 1 fully saturated rings. The average Bonchev–Trinajstić information content (AvgIpc) is 2.51. The Labute approximate surface area is 84.5 Å². The van der Waals surface area contributed by atoms with Crippen molar-refractivity contribution in [2.75, 3.05) is 19.3 Å². The Balaban J connectivity index is 2.51. The molecule has 82 valence electrons. The predicted molar refractivity (Wildman–Crippen MR) is 53.3 cm³/mol. The molecule has 1 saturated heterocycles. The Morgan fingerprint density at radius 2 is 1.86 bits per heavy atom. The highest BCUT2D eigenvalue weighted by molar-refractivity contribution is 7.88. The van der Waals surface area contributed by atoms with Crippen molar-refractivity contribution in [1.82, 2.24) is 9.62 Å². The first-order valence-corrected chi connectivity index (χ1v) is 6.55. The summed E-state index contributed by atoms with van der Waals surface area (Å²) in [6.07, 6.45) is 3.08. The van der Waals surface area contributed by atoms with E-state index < -0.39 is 16.1 Å². The molecule has 1 rings (SSSR count). The quantitative estimate of drug-likeness (QED) is 0.700. The number of likely N-dealkylation sites (tertiary alicyclic amines) is 1. The van der Waals surface area contributed by atoms with Gasteiger partial charge in [-0.3, -0.25) is 4.79 Å². The summed E-state index contributed by atoms with van der Waals surface area (Å²) in [5, 5.41) is 0. The molecule has 0 aliphatic carbocycles. The Kier molecular flexibility index (Phi) is 3.49. The summed E-state index contributed by atoms with van der Waals surface area (Å²) in [7, 11) is -3.30. The third-order valence-electron chi connectivity index (χ3n) is 2.18. The first kappa shape index (κ1) is 11.5. The van der Waals surface area contributed by atoms with Crippen LogP contribution in [-0.4, -0.2) is 44.6 Å². The van der Waals surface area contributed by atoms with Gasteiger partial charge in [-0.15, -0.1) is 0 Å². The maximum absolute atomic E-state index is 11.6. The number of hydrogen-bond acceptors (Lipinski definition) is 3. The second-order valence-electron chi connectivity index (χ2n) is 3.64. The number of nitrogens with one attached hydrogen (secondary N) is 1. The van der Waals surface area contributed by atoms with Crippen LogP contribution in [0.3, 0.4) is 0 Å². The van der Waals surface area contributed by atoms with Crippen LogP contribution in [0.2, 0.25) is 0 Å². The Morgan fingerprint density at radius 3 is 2.29 bits per heavy atom. The zero-order valence-electron chi connectivity index (χ0n) is 8.49. The molecular weight excluding hydrogens is 204 g/mol. The van der Waals surface area contributed by atoms with E-state index in [0.29, 0.717) is 0 Å². The molecule has 5 nitrogen and oxygen atoms in total. The third-order valence-corrected chi connectivity index (χ3v) is 2.96. The van der Waals surface area contributed by atoms with Crippen LogP contribution in [0.4, 0.5) is 0 Å². The van der Waals surface area contributed by atoms with Crippen LogP contribution in [0.25, 0.3) is 0 Å². The number of hydrogen-bond donors (Lipinski definition) is 1. The van der Waals surface area contributed by atoms with E-state index in [1.54, 1.807) is 11.8 Å². The van der Waals surface area contributed by atoms with Crippen LogP contribution in [-0.2, 0) is 14.8 Å². The molecule has 0 aromatic rings. The summed E-state index contributed by atoms with van der Waals surface area (Å²) in [4.78, 5) is 13.3. The lowest BCUT2D eigenvalue weighted by Crippen LogP contribution is -2.45. The molecule has 0 bridgehead atoms. The van der Waals surface area contributed by atoms with Gasteiger partial charge in [-0.05, 0) is 19.8 Å². The number of rotatable bonds is 3. The zero-order chi connectivity index (χ0) is 10.8. The van der Waals surface area contributed by atoms with Gasteiger partial charge >= 0.3 is 0 Å². The molecule has 14 heavy (non-hydrogen) atoms. The molecule has 1 amide bonds. The molecule has 1 N–H and O–H groups in total. The van der Waals surface area contributed by atoms with Gasteiger partial charge in [-0.25, -0.2) is 13.1 Å². The van der Waals surface area contributed by atoms with Gasteiger partial charge in [0.05, 0.1) is 12.3 Å². The SMILES string of the molecule is CC(NS(C)(=O)=O)C(=O)N1CCCC1. The molecule has 1 aliphatic heterocycles. The zero-order valence-corrected chi connectivity index (χ0v) is 9.30. The molecule has 0 radical (unpaired) electrons. The van der Waals surface area contributed by atoms with Crippen molar-refractivity contribution < 1.29 is 13.2 Å². The lowest BCUT2D eigenvalue weighted by Gasteiger charge is -2.20. The molecule has 1 heterocycles. The molecular formula is C8H16N2O3S. The van der Waals surface area contributed by atoms with Gasteiger partial charge in [0.1, 0.15) is 0 Å². The maximum atomic E-state index is 11.6. The highest BCUT2D eigenvalue weighted by atomic mass is 32.2. The smallest absolute Gasteiger partial charge is 0.240 e. The minimum absolute atomic E-state index is 0.132. The van der Waals surface area contributed by atoms with Gasteiger partial charge in [-0.1, -0.05) is 0 Å². The second-order valence-corrected chi connectivity index (χ2v) is 5.42. The normalized spacial score (nSPS) is 19.7. The first-order chi connectivity index (χ1) is 6.40. The van der Waals surface area contributed by atoms with Crippen LogP contribution in [0.5, 0.6) is 0 Å². The van der Waals surface area contributed by atoms with Crippen LogP contribution in [0, 0.1) is 0 Å². The molecule has 0 spiro atoms. The summed E-state index contributed by atoms with van der Waals surface area (Å²) < 4.78 is 24.0.